The summed E-state index contributed by atoms with van der Waals surface area (Å²) < 4.78 is 38.3. The van der Waals surface area contributed by atoms with E-state index in [1.807, 2.05) is 0 Å². The van der Waals surface area contributed by atoms with Crippen LogP contribution in [-0.2, 0) is 17.5 Å². The van der Waals surface area contributed by atoms with Gasteiger partial charge in [-0.05, 0) is 42.5 Å². The number of benzene rings is 1. The summed E-state index contributed by atoms with van der Waals surface area (Å²) in [5, 5.41) is 15.3. The fourth-order valence-electron chi connectivity index (χ4n) is 2.59. The second-order valence-electron chi connectivity index (χ2n) is 6.08. The highest BCUT2D eigenvalue weighted by atomic mass is 19.4. The predicted octanol–water partition coefficient (Wildman–Crippen LogP) is 2.82. The van der Waals surface area contributed by atoms with Crippen LogP contribution in [0.25, 0.3) is 11.4 Å². The van der Waals surface area contributed by atoms with Gasteiger partial charge in [0, 0.05) is 11.8 Å². The first-order valence-corrected chi connectivity index (χ1v) is 8.34. The molecule has 1 atom stereocenters. The Bertz CT molecular complexity index is 858. The van der Waals surface area contributed by atoms with Crippen LogP contribution < -0.4 is 5.43 Å². The van der Waals surface area contributed by atoms with Crippen molar-refractivity contribution in [3.63, 3.8) is 0 Å². The van der Waals surface area contributed by atoms with Crippen molar-refractivity contribution in [2.75, 3.05) is 0 Å². The Morgan fingerprint density at radius 1 is 1.37 bits per heavy atom. The van der Waals surface area contributed by atoms with Gasteiger partial charge in [-0.25, -0.2) is 5.43 Å². The van der Waals surface area contributed by atoms with Crippen molar-refractivity contribution >= 4 is 12.1 Å². The summed E-state index contributed by atoms with van der Waals surface area (Å²) >= 11 is 0. The second kappa shape index (κ2) is 8.11. The maximum atomic E-state index is 12.8. The van der Waals surface area contributed by atoms with E-state index in [4.69, 9.17) is 0 Å². The highest BCUT2D eigenvalue weighted by molar-refractivity contribution is 5.76. The first-order valence-electron chi connectivity index (χ1n) is 8.34. The van der Waals surface area contributed by atoms with E-state index in [-0.39, 0.29) is 17.9 Å². The fourth-order valence-corrected chi connectivity index (χ4v) is 2.59. The molecule has 7 nitrogen and oxygen atoms in total. The topological polar surface area (TPSA) is 85.1 Å². The smallest absolute Gasteiger partial charge is 0.271 e. The molecular formula is C17H17F3N6O. The second-order valence-corrected chi connectivity index (χ2v) is 6.08. The summed E-state index contributed by atoms with van der Waals surface area (Å²) in [6, 6.07) is 4.60. The van der Waals surface area contributed by atoms with Crippen molar-refractivity contribution in [3.05, 3.63) is 42.0 Å². The predicted molar refractivity (Wildman–Crippen MR) is 91.4 cm³/mol. The Morgan fingerprint density at radius 3 is 2.96 bits per heavy atom. The number of tetrazole rings is 1. The van der Waals surface area contributed by atoms with E-state index in [9.17, 15) is 18.0 Å². The molecule has 0 saturated heterocycles. The number of carbonyl (C=O) groups is 1. The zero-order valence-electron chi connectivity index (χ0n) is 14.2. The minimum atomic E-state index is -4.46. The molecule has 0 bridgehead atoms. The summed E-state index contributed by atoms with van der Waals surface area (Å²) in [7, 11) is 0. The molecule has 1 aliphatic rings. The maximum Gasteiger partial charge on any atom is 0.416 e. The Balaban J connectivity index is 1.58. The van der Waals surface area contributed by atoms with Gasteiger partial charge in [0.1, 0.15) is 6.54 Å². The average molecular weight is 378 g/mol. The third kappa shape index (κ3) is 5.22. The summed E-state index contributed by atoms with van der Waals surface area (Å²) in [5.74, 6) is -0.149. The van der Waals surface area contributed by atoms with Crippen LogP contribution in [0.5, 0.6) is 0 Å². The molecule has 1 aromatic heterocycles. The molecule has 142 valence electrons. The molecule has 1 aromatic carbocycles. The lowest BCUT2D eigenvalue weighted by Gasteiger charge is -2.11. The van der Waals surface area contributed by atoms with Crippen LogP contribution in [0.2, 0.25) is 0 Å². The Hall–Kier alpha value is -3.04. The monoisotopic (exact) mass is 378 g/mol. The van der Waals surface area contributed by atoms with Crippen LogP contribution in [0.4, 0.5) is 13.2 Å². The first kappa shape index (κ1) is 18.7. The molecule has 0 unspecified atom stereocenters. The van der Waals surface area contributed by atoms with Crippen LogP contribution in [0.1, 0.15) is 24.8 Å². The number of halogens is 3. The van der Waals surface area contributed by atoms with Crippen LogP contribution in [0.3, 0.4) is 0 Å². The molecule has 1 amide bonds. The lowest BCUT2D eigenvalue weighted by molar-refractivity contribution is -0.137. The molecule has 1 N–H and O–H groups in total. The Kier molecular flexibility index (Phi) is 5.63. The quantitative estimate of drug-likeness (QED) is 0.493. The molecule has 1 aliphatic carbocycles. The number of rotatable bonds is 5. The van der Waals surface area contributed by atoms with Gasteiger partial charge in [0.2, 0.25) is 5.82 Å². The zero-order chi connectivity index (χ0) is 19.3. The van der Waals surface area contributed by atoms with E-state index in [1.165, 1.54) is 12.1 Å². The normalized spacial score (nSPS) is 17.4. The fraction of sp³-hybridized carbons (Fsp3) is 0.353. The van der Waals surface area contributed by atoms with E-state index in [0.717, 1.165) is 36.2 Å². The van der Waals surface area contributed by atoms with Crippen molar-refractivity contribution in [3.8, 4) is 11.4 Å². The molecule has 1 heterocycles. The maximum absolute atomic E-state index is 12.8. The van der Waals surface area contributed by atoms with E-state index in [1.54, 1.807) is 6.21 Å². The lowest BCUT2D eigenvalue weighted by Crippen LogP contribution is -2.25. The summed E-state index contributed by atoms with van der Waals surface area (Å²) in [6.07, 6.45) is 4.30. The molecule has 10 heteroatoms. The molecule has 0 saturated carbocycles. The molecule has 0 radical (unpaired) electrons. The number of hydrogen-bond acceptors (Lipinski definition) is 5. The Labute approximate surface area is 152 Å². The minimum absolute atomic E-state index is 0.00592. The SMILES string of the molecule is O=C(Cn1nnc(-c2cccc(C(F)(F)F)c2)n1)N/N=C\[C@H]1CC=CCC1. The summed E-state index contributed by atoms with van der Waals surface area (Å²) in [6.45, 7) is -0.242. The Morgan fingerprint density at radius 2 is 2.22 bits per heavy atom. The molecule has 3 rings (SSSR count). The summed E-state index contributed by atoms with van der Waals surface area (Å²) in [4.78, 5) is 12.9. The van der Waals surface area contributed by atoms with Gasteiger partial charge in [-0.2, -0.15) is 23.1 Å². The minimum Gasteiger partial charge on any atom is -0.271 e. The van der Waals surface area contributed by atoms with Crippen LogP contribution in [-0.4, -0.2) is 32.3 Å². The standard InChI is InChI=1S/C17H17F3N6O/c18-17(19,20)14-8-4-7-13(9-14)16-23-25-26(24-16)11-15(27)22-21-10-12-5-2-1-3-6-12/h1-2,4,7-10,12H,3,5-6,11H2,(H,22,27)/b21-10-/t12-/m0/s1. The number of hydrazone groups is 1. The van der Waals surface area contributed by atoms with Gasteiger partial charge >= 0.3 is 6.18 Å². The third-order valence-electron chi connectivity index (χ3n) is 3.97. The number of carbonyl (C=O) groups excluding carboxylic acids is 1. The highest BCUT2D eigenvalue weighted by Crippen LogP contribution is 2.31. The number of nitrogens with one attached hydrogen (secondary N) is 1. The van der Waals surface area contributed by atoms with Crippen LogP contribution in [0.15, 0.2) is 41.5 Å². The van der Waals surface area contributed by atoms with Gasteiger partial charge in [0.15, 0.2) is 0 Å². The summed E-state index contributed by atoms with van der Waals surface area (Å²) in [5.41, 5.74) is 1.75. The largest absolute Gasteiger partial charge is 0.416 e. The zero-order valence-corrected chi connectivity index (χ0v) is 14.2. The van der Waals surface area contributed by atoms with Gasteiger partial charge in [-0.3, -0.25) is 4.79 Å². The van der Waals surface area contributed by atoms with Gasteiger partial charge in [0.05, 0.1) is 5.56 Å². The number of alkyl halides is 3. The van der Waals surface area contributed by atoms with Crippen molar-refractivity contribution in [1.82, 2.24) is 25.6 Å². The van der Waals surface area contributed by atoms with Gasteiger partial charge in [0.25, 0.3) is 5.91 Å². The van der Waals surface area contributed by atoms with Gasteiger partial charge < -0.3 is 0 Å². The van der Waals surface area contributed by atoms with Crippen molar-refractivity contribution < 1.29 is 18.0 Å². The van der Waals surface area contributed by atoms with Crippen molar-refractivity contribution in [2.24, 2.45) is 11.0 Å². The molecular weight excluding hydrogens is 361 g/mol. The highest BCUT2D eigenvalue weighted by Gasteiger charge is 2.30. The van der Waals surface area contributed by atoms with Crippen LogP contribution in [0, 0.1) is 5.92 Å². The molecule has 2 aromatic rings. The average Bonchev–Trinajstić information content (AvgIpc) is 3.10. The van der Waals surface area contributed by atoms with Gasteiger partial charge in [-0.1, -0.05) is 24.3 Å². The molecule has 0 fully saturated rings. The van der Waals surface area contributed by atoms with Gasteiger partial charge in [-0.15, -0.1) is 10.2 Å². The number of hydrogen-bond donors (Lipinski definition) is 1. The van der Waals surface area contributed by atoms with E-state index in [2.05, 4.69) is 38.1 Å². The number of allylic oxidation sites excluding steroid dienone is 2. The number of nitrogens with zero attached hydrogens (tertiary/aromatic N) is 5. The third-order valence-corrected chi connectivity index (χ3v) is 3.97. The molecule has 27 heavy (non-hydrogen) atoms. The number of aromatic nitrogens is 4. The molecule has 0 spiro atoms. The first-order chi connectivity index (χ1) is 12.9. The van der Waals surface area contributed by atoms with Crippen molar-refractivity contribution in [1.29, 1.82) is 0 Å². The van der Waals surface area contributed by atoms with Crippen molar-refractivity contribution in [2.45, 2.75) is 32.0 Å². The van der Waals surface area contributed by atoms with E-state index < -0.39 is 17.6 Å². The number of amides is 1. The van der Waals surface area contributed by atoms with E-state index >= 15 is 0 Å². The lowest BCUT2D eigenvalue weighted by atomic mass is 9.96. The molecule has 0 aliphatic heterocycles. The van der Waals surface area contributed by atoms with Crippen LogP contribution >= 0.6 is 0 Å². The van der Waals surface area contributed by atoms with E-state index in [0.29, 0.717) is 5.92 Å².